The molecule has 0 bridgehead atoms. The zero-order valence-electron chi connectivity index (χ0n) is 12.3. The van der Waals surface area contributed by atoms with E-state index in [0.717, 1.165) is 5.56 Å². The van der Waals surface area contributed by atoms with Crippen molar-refractivity contribution in [1.29, 1.82) is 0 Å². The molecule has 0 aliphatic heterocycles. The molecule has 1 aromatic carbocycles. The zero-order chi connectivity index (χ0) is 16.4. The number of ether oxygens (including phenoxy) is 1. The van der Waals surface area contributed by atoms with Gasteiger partial charge in [-0.05, 0) is 31.4 Å². The Kier molecular flexibility index (Phi) is 7.39. The second-order valence-electron chi connectivity index (χ2n) is 4.69. The Balaban J connectivity index is 2.40. The summed E-state index contributed by atoms with van der Waals surface area (Å²) in [5.41, 5.74) is 0.814. The van der Waals surface area contributed by atoms with Crippen LogP contribution in [0, 0.1) is 0 Å². The van der Waals surface area contributed by atoms with Crippen LogP contribution in [0.4, 0.5) is 4.79 Å². The fourth-order valence-corrected chi connectivity index (χ4v) is 1.68. The quantitative estimate of drug-likeness (QED) is 0.719. The summed E-state index contributed by atoms with van der Waals surface area (Å²) in [4.78, 5) is 33.4. The predicted molar refractivity (Wildman–Crippen MR) is 80.2 cm³/mol. The number of aliphatic carboxylic acids is 1. The van der Waals surface area contributed by atoms with E-state index in [2.05, 4.69) is 5.32 Å². The van der Waals surface area contributed by atoms with E-state index in [1.54, 1.807) is 18.2 Å². The molecule has 0 heterocycles. The molecule has 0 saturated heterocycles. The summed E-state index contributed by atoms with van der Waals surface area (Å²) in [5.74, 6) is -1.25. The number of amides is 1. The number of hydrogen-bond donors (Lipinski definition) is 2. The van der Waals surface area contributed by atoms with Gasteiger partial charge in [-0.1, -0.05) is 36.4 Å². The zero-order valence-corrected chi connectivity index (χ0v) is 12.3. The summed E-state index contributed by atoms with van der Waals surface area (Å²) in [6.45, 7) is 1.48. The normalized spacial score (nSPS) is 11.9. The summed E-state index contributed by atoms with van der Waals surface area (Å²) in [5, 5.41) is 11.3. The third-order valence-corrected chi connectivity index (χ3v) is 2.78. The molecule has 6 heteroatoms. The Morgan fingerprint density at radius 1 is 1.27 bits per heavy atom. The maximum absolute atomic E-state index is 11.6. The van der Waals surface area contributed by atoms with Crippen LogP contribution in [0.3, 0.4) is 0 Å². The highest BCUT2D eigenvalue weighted by atomic mass is 16.5. The van der Waals surface area contributed by atoms with Gasteiger partial charge in [0.2, 0.25) is 0 Å². The molecule has 118 valence electrons. The van der Waals surface area contributed by atoms with E-state index >= 15 is 0 Å². The molecule has 1 aromatic rings. The molecule has 0 radical (unpaired) electrons. The van der Waals surface area contributed by atoms with E-state index in [0.29, 0.717) is 6.42 Å². The van der Waals surface area contributed by atoms with E-state index in [-0.39, 0.29) is 18.8 Å². The van der Waals surface area contributed by atoms with Crippen molar-refractivity contribution in [3.8, 4) is 0 Å². The first kappa shape index (κ1) is 17.4. The summed E-state index contributed by atoms with van der Waals surface area (Å²) >= 11 is 0. The van der Waals surface area contributed by atoms with Gasteiger partial charge in [-0.2, -0.15) is 0 Å². The number of allylic oxidation sites excluding steroid dienone is 2. The average molecular weight is 305 g/mol. The number of hydrogen-bond acceptors (Lipinski definition) is 4. The van der Waals surface area contributed by atoms with E-state index < -0.39 is 18.1 Å². The number of ketones is 1. The Labute approximate surface area is 128 Å². The molecule has 0 aromatic heterocycles. The number of rotatable bonds is 8. The third kappa shape index (κ3) is 7.23. The molecule has 1 atom stereocenters. The molecule has 0 aliphatic rings. The molecular weight excluding hydrogens is 286 g/mol. The van der Waals surface area contributed by atoms with Crippen LogP contribution in [0.1, 0.15) is 25.3 Å². The SMILES string of the molecule is CC(=O)/C=C\CC[C@H](NC(=O)OCc1ccccc1)C(=O)O. The van der Waals surface area contributed by atoms with Crippen LogP contribution in [0.25, 0.3) is 0 Å². The van der Waals surface area contributed by atoms with E-state index in [9.17, 15) is 14.4 Å². The number of carboxylic acids is 1. The van der Waals surface area contributed by atoms with Crippen molar-refractivity contribution in [2.24, 2.45) is 0 Å². The summed E-state index contributed by atoms with van der Waals surface area (Å²) < 4.78 is 4.97. The van der Waals surface area contributed by atoms with Crippen LogP contribution in [0.5, 0.6) is 0 Å². The van der Waals surface area contributed by atoms with Crippen LogP contribution in [-0.2, 0) is 20.9 Å². The van der Waals surface area contributed by atoms with Crippen LogP contribution in [0.2, 0.25) is 0 Å². The summed E-state index contributed by atoms with van der Waals surface area (Å²) in [7, 11) is 0. The van der Waals surface area contributed by atoms with Crippen molar-refractivity contribution >= 4 is 17.8 Å². The van der Waals surface area contributed by atoms with Crippen LogP contribution in [-0.4, -0.2) is 29.0 Å². The van der Waals surface area contributed by atoms with Gasteiger partial charge < -0.3 is 15.2 Å². The molecule has 1 amide bonds. The van der Waals surface area contributed by atoms with E-state index in [1.807, 2.05) is 18.2 Å². The Morgan fingerprint density at radius 3 is 2.55 bits per heavy atom. The topological polar surface area (TPSA) is 92.7 Å². The minimum Gasteiger partial charge on any atom is -0.480 e. The summed E-state index contributed by atoms with van der Waals surface area (Å²) in [6.07, 6.45) is 2.71. The third-order valence-electron chi connectivity index (χ3n) is 2.78. The first-order valence-corrected chi connectivity index (χ1v) is 6.86. The van der Waals surface area contributed by atoms with Crippen LogP contribution < -0.4 is 5.32 Å². The maximum Gasteiger partial charge on any atom is 0.408 e. The van der Waals surface area contributed by atoms with E-state index in [4.69, 9.17) is 9.84 Å². The van der Waals surface area contributed by atoms with Gasteiger partial charge in [0.25, 0.3) is 0 Å². The van der Waals surface area contributed by atoms with Gasteiger partial charge in [-0.15, -0.1) is 0 Å². The summed E-state index contributed by atoms with van der Waals surface area (Å²) in [6, 6.07) is 8.03. The van der Waals surface area contributed by atoms with Crippen molar-refractivity contribution in [3.63, 3.8) is 0 Å². The molecule has 0 saturated carbocycles. The van der Waals surface area contributed by atoms with Crippen molar-refractivity contribution < 1.29 is 24.2 Å². The molecule has 0 spiro atoms. The van der Waals surface area contributed by atoms with Gasteiger partial charge in [0.05, 0.1) is 0 Å². The smallest absolute Gasteiger partial charge is 0.408 e. The second kappa shape index (κ2) is 9.33. The fourth-order valence-electron chi connectivity index (χ4n) is 1.68. The minimum atomic E-state index is -1.15. The van der Waals surface area contributed by atoms with Gasteiger partial charge in [-0.25, -0.2) is 9.59 Å². The molecule has 2 N–H and O–H groups in total. The number of nitrogens with one attached hydrogen (secondary N) is 1. The van der Waals surface area contributed by atoms with Crippen molar-refractivity contribution in [1.82, 2.24) is 5.32 Å². The number of carboxylic acid groups (broad SMARTS) is 1. The highest BCUT2D eigenvalue weighted by Crippen LogP contribution is 2.03. The van der Waals surface area contributed by atoms with Crippen molar-refractivity contribution in [2.75, 3.05) is 0 Å². The number of benzene rings is 1. The molecule has 0 unspecified atom stereocenters. The van der Waals surface area contributed by atoms with Gasteiger partial charge in [-0.3, -0.25) is 4.79 Å². The van der Waals surface area contributed by atoms with Crippen LogP contribution in [0.15, 0.2) is 42.5 Å². The largest absolute Gasteiger partial charge is 0.480 e. The lowest BCUT2D eigenvalue weighted by atomic mass is 10.1. The highest BCUT2D eigenvalue weighted by molar-refractivity contribution is 5.87. The number of carbonyl (C=O) groups is 3. The molecular formula is C16H19NO5. The van der Waals surface area contributed by atoms with Gasteiger partial charge in [0.1, 0.15) is 12.6 Å². The van der Waals surface area contributed by atoms with Crippen molar-refractivity contribution in [3.05, 3.63) is 48.0 Å². The van der Waals surface area contributed by atoms with Gasteiger partial charge in [0.15, 0.2) is 5.78 Å². The Morgan fingerprint density at radius 2 is 1.95 bits per heavy atom. The monoisotopic (exact) mass is 305 g/mol. The number of alkyl carbamates (subject to hydrolysis) is 1. The van der Waals surface area contributed by atoms with Crippen LogP contribution >= 0.6 is 0 Å². The number of carbonyl (C=O) groups excluding carboxylic acids is 2. The van der Waals surface area contributed by atoms with E-state index in [1.165, 1.54) is 13.0 Å². The molecule has 0 aliphatic carbocycles. The predicted octanol–water partition coefficient (Wildman–Crippen LogP) is 2.29. The van der Waals surface area contributed by atoms with Crippen molar-refractivity contribution in [2.45, 2.75) is 32.4 Å². The molecule has 1 rings (SSSR count). The Hall–Kier alpha value is -2.63. The molecule has 0 fully saturated rings. The lowest BCUT2D eigenvalue weighted by Gasteiger charge is -2.13. The first-order valence-electron chi connectivity index (χ1n) is 6.86. The average Bonchev–Trinajstić information content (AvgIpc) is 2.48. The fraction of sp³-hybridized carbons (Fsp3) is 0.312. The highest BCUT2D eigenvalue weighted by Gasteiger charge is 2.19. The standard InChI is InChI=1S/C16H19NO5/c1-12(18)7-5-6-10-14(15(19)20)17-16(21)22-11-13-8-3-2-4-9-13/h2-5,7-9,14H,6,10-11H2,1H3,(H,17,21)(H,19,20)/b7-5-/t14-/m0/s1. The minimum absolute atomic E-state index is 0.0727. The van der Waals surface area contributed by atoms with Gasteiger partial charge >= 0.3 is 12.1 Å². The lowest BCUT2D eigenvalue weighted by Crippen LogP contribution is -2.40. The second-order valence-corrected chi connectivity index (χ2v) is 4.69. The first-order chi connectivity index (χ1) is 10.5. The van der Waals surface area contributed by atoms with Gasteiger partial charge in [0, 0.05) is 0 Å². The molecule has 6 nitrogen and oxygen atoms in total. The maximum atomic E-state index is 11.6. The lowest BCUT2D eigenvalue weighted by molar-refractivity contribution is -0.139. The Bertz CT molecular complexity index is 539. The molecule has 22 heavy (non-hydrogen) atoms.